The third-order valence-electron chi connectivity index (χ3n) is 5.98. The Morgan fingerprint density at radius 3 is 2.93 bits per heavy atom. The number of pyridine rings is 1. The van der Waals surface area contributed by atoms with Crippen LogP contribution in [0.5, 0.6) is 5.75 Å². The number of ether oxygens (including phenoxy) is 1. The number of aromatic nitrogens is 4. The molecule has 2 N–H and O–H groups in total. The molecule has 6 nitrogen and oxygen atoms in total. The molecule has 0 unspecified atom stereocenters. The van der Waals surface area contributed by atoms with Crippen molar-refractivity contribution < 1.29 is 4.74 Å². The highest BCUT2D eigenvalue weighted by molar-refractivity contribution is 5.80. The van der Waals surface area contributed by atoms with Gasteiger partial charge in [0.2, 0.25) is 0 Å². The minimum Gasteiger partial charge on any atom is -0.497 e. The fourth-order valence-corrected chi connectivity index (χ4v) is 4.42. The molecule has 29 heavy (non-hydrogen) atoms. The van der Waals surface area contributed by atoms with Gasteiger partial charge >= 0.3 is 0 Å². The monoisotopic (exact) mass is 387 g/mol. The molecule has 0 spiro atoms. The maximum Gasteiger partial charge on any atom is 0.137 e. The van der Waals surface area contributed by atoms with Gasteiger partial charge < -0.3 is 9.72 Å². The van der Waals surface area contributed by atoms with Crippen LogP contribution in [0.1, 0.15) is 29.9 Å². The zero-order valence-corrected chi connectivity index (χ0v) is 16.6. The van der Waals surface area contributed by atoms with E-state index in [9.17, 15) is 0 Å². The third kappa shape index (κ3) is 3.51. The fourth-order valence-electron chi connectivity index (χ4n) is 4.42. The van der Waals surface area contributed by atoms with Crippen molar-refractivity contribution in [2.24, 2.45) is 0 Å². The van der Waals surface area contributed by atoms with E-state index in [0.29, 0.717) is 5.92 Å². The molecule has 4 aromatic rings. The van der Waals surface area contributed by atoms with Crippen LogP contribution in [-0.2, 0) is 6.54 Å². The van der Waals surface area contributed by atoms with Crippen LogP contribution in [0.2, 0.25) is 0 Å². The van der Waals surface area contributed by atoms with Gasteiger partial charge in [-0.2, -0.15) is 5.10 Å². The molecule has 1 aliphatic rings. The Morgan fingerprint density at radius 2 is 2.07 bits per heavy atom. The van der Waals surface area contributed by atoms with E-state index < -0.39 is 0 Å². The lowest BCUT2D eigenvalue weighted by atomic mass is 9.89. The summed E-state index contributed by atoms with van der Waals surface area (Å²) in [5.41, 5.74) is 5.82. The molecule has 0 radical (unpaired) electrons. The van der Waals surface area contributed by atoms with E-state index >= 15 is 0 Å². The molecule has 1 saturated heterocycles. The highest BCUT2D eigenvalue weighted by Gasteiger charge is 2.24. The highest BCUT2D eigenvalue weighted by atomic mass is 16.5. The maximum atomic E-state index is 5.37. The van der Waals surface area contributed by atoms with Gasteiger partial charge in [0.1, 0.15) is 11.4 Å². The van der Waals surface area contributed by atoms with Gasteiger partial charge in [-0.05, 0) is 61.7 Å². The predicted molar refractivity (Wildman–Crippen MR) is 114 cm³/mol. The van der Waals surface area contributed by atoms with Crippen molar-refractivity contribution in [3.05, 3.63) is 66.1 Å². The summed E-state index contributed by atoms with van der Waals surface area (Å²) in [5, 5.41) is 8.74. The van der Waals surface area contributed by atoms with Gasteiger partial charge in [-0.15, -0.1) is 0 Å². The van der Waals surface area contributed by atoms with Crippen molar-refractivity contribution in [2.75, 3.05) is 20.2 Å². The number of nitrogens with one attached hydrogen (secondary N) is 2. The first-order valence-corrected chi connectivity index (χ1v) is 10.1. The Morgan fingerprint density at radius 1 is 1.17 bits per heavy atom. The molecule has 1 fully saturated rings. The number of piperidine rings is 1. The summed E-state index contributed by atoms with van der Waals surface area (Å²) in [6.07, 6.45) is 8.26. The van der Waals surface area contributed by atoms with Crippen molar-refractivity contribution in [1.82, 2.24) is 25.1 Å². The number of hydrogen-bond donors (Lipinski definition) is 2. The number of likely N-dealkylation sites (tertiary alicyclic amines) is 1. The summed E-state index contributed by atoms with van der Waals surface area (Å²) >= 11 is 0. The summed E-state index contributed by atoms with van der Waals surface area (Å²) in [5.74, 6) is 1.45. The Hall–Kier alpha value is -3.12. The topological polar surface area (TPSA) is 69.8 Å². The van der Waals surface area contributed by atoms with E-state index in [-0.39, 0.29) is 0 Å². The Bertz CT molecular complexity index is 1110. The van der Waals surface area contributed by atoms with E-state index in [0.717, 1.165) is 55.1 Å². The van der Waals surface area contributed by atoms with Crippen LogP contribution in [0, 0.1) is 0 Å². The lowest BCUT2D eigenvalue weighted by molar-refractivity contribution is 0.205. The first-order valence-electron chi connectivity index (χ1n) is 10.1. The van der Waals surface area contributed by atoms with Crippen LogP contribution in [0.15, 0.2) is 55.0 Å². The summed E-state index contributed by atoms with van der Waals surface area (Å²) in [4.78, 5) is 10.3. The van der Waals surface area contributed by atoms with E-state index in [1.807, 2.05) is 36.7 Å². The molecule has 0 amide bonds. The lowest BCUT2D eigenvalue weighted by Gasteiger charge is -2.31. The summed E-state index contributed by atoms with van der Waals surface area (Å²) in [6.45, 7) is 3.08. The van der Waals surface area contributed by atoms with Crippen LogP contribution in [0.4, 0.5) is 0 Å². The van der Waals surface area contributed by atoms with Gasteiger partial charge in [-0.25, -0.2) is 4.98 Å². The fraction of sp³-hybridized carbons (Fsp3) is 0.304. The normalized spacial score (nSPS) is 15.8. The molecule has 0 saturated carbocycles. The molecule has 0 bridgehead atoms. The molecule has 1 aliphatic heterocycles. The summed E-state index contributed by atoms with van der Waals surface area (Å²) in [6, 6.07) is 12.3. The van der Waals surface area contributed by atoms with E-state index in [2.05, 4.69) is 43.4 Å². The number of hydrogen-bond acceptors (Lipinski definition) is 4. The molecule has 1 aromatic carbocycles. The minimum absolute atomic E-state index is 0.589. The van der Waals surface area contributed by atoms with Gasteiger partial charge in [0.05, 0.1) is 19.0 Å². The van der Waals surface area contributed by atoms with Crippen LogP contribution in [0.3, 0.4) is 0 Å². The zero-order valence-electron chi connectivity index (χ0n) is 16.6. The highest BCUT2D eigenvalue weighted by Crippen LogP contribution is 2.33. The van der Waals surface area contributed by atoms with Gasteiger partial charge in [0.25, 0.3) is 0 Å². The molecular weight excluding hydrogens is 362 g/mol. The van der Waals surface area contributed by atoms with Gasteiger partial charge in [-0.1, -0.05) is 12.1 Å². The minimum atomic E-state index is 0.589. The molecule has 6 heteroatoms. The number of H-pyrrole nitrogens is 2. The Balaban J connectivity index is 1.28. The molecule has 5 rings (SSSR count). The molecule has 148 valence electrons. The number of methoxy groups -OCH3 is 1. The average molecular weight is 387 g/mol. The smallest absolute Gasteiger partial charge is 0.137 e. The van der Waals surface area contributed by atoms with Crippen molar-refractivity contribution in [1.29, 1.82) is 0 Å². The van der Waals surface area contributed by atoms with Gasteiger partial charge in [-0.3, -0.25) is 10.00 Å². The standard InChI is InChI=1S/C23H25N5O/c1-29-19-5-2-4-17(12-19)22-18(13-26-27-22)15-28-10-7-16(8-11-28)21-14-25-23-20(21)6-3-9-24-23/h2-6,9,12-14,16H,7-8,10-11,15H2,1H3,(H,24,25)(H,26,27). The molecule has 4 heterocycles. The maximum absolute atomic E-state index is 5.37. The Labute approximate surface area is 169 Å². The number of aromatic amines is 2. The summed E-state index contributed by atoms with van der Waals surface area (Å²) < 4.78 is 5.37. The molecule has 0 atom stereocenters. The van der Waals surface area contributed by atoms with Gasteiger partial charge in [0.15, 0.2) is 0 Å². The van der Waals surface area contributed by atoms with Crippen molar-refractivity contribution in [3.63, 3.8) is 0 Å². The second-order valence-electron chi connectivity index (χ2n) is 7.70. The van der Waals surface area contributed by atoms with E-state index in [1.165, 1.54) is 16.5 Å². The predicted octanol–water partition coefficient (Wildman–Crippen LogP) is 4.34. The van der Waals surface area contributed by atoms with Crippen LogP contribution >= 0.6 is 0 Å². The SMILES string of the molecule is COc1cccc(-c2[nH]ncc2CN2CCC(c3c[nH]c4ncccc34)CC2)c1. The quantitative estimate of drug-likeness (QED) is 0.534. The zero-order chi connectivity index (χ0) is 19.6. The van der Waals surface area contributed by atoms with Crippen LogP contribution in [-0.4, -0.2) is 45.3 Å². The first kappa shape index (κ1) is 17.9. The molecule has 3 aromatic heterocycles. The Kier molecular flexibility index (Phi) is 4.77. The van der Waals surface area contributed by atoms with Gasteiger partial charge in [0, 0.05) is 35.5 Å². The number of fused-ring (bicyclic) bond motifs is 1. The number of benzene rings is 1. The van der Waals surface area contributed by atoms with Crippen LogP contribution in [0.25, 0.3) is 22.3 Å². The van der Waals surface area contributed by atoms with Crippen LogP contribution < -0.4 is 4.74 Å². The van der Waals surface area contributed by atoms with Crippen molar-refractivity contribution in [2.45, 2.75) is 25.3 Å². The molecular formula is C23H25N5O. The van der Waals surface area contributed by atoms with Crippen molar-refractivity contribution >= 4 is 11.0 Å². The number of rotatable bonds is 5. The second kappa shape index (κ2) is 7.72. The molecule has 0 aliphatic carbocycles. The number of nitrogens with zero attached hydrogens (tertiary/aromatic N) is 3. The largest absolute Gasteiger partial charge is 0.497 e. The third-order valence-corrected chi connectivity index (χ3v) is 5.98. The van der Waals surface area contributed by atoms with E-state index in [1.54, 1.807) is 7.11 Å². The average Bonchev–Trinajstić information content (AvgIpc) is 3.41. The summed E-state index contributed by atoms with van der Waals surface area (Å²) in [7, 11) is 1.70. The van der Waals surface area contributed by atoms with E-state index in [4.69, 9.17) is 4.74 Å². The van der Waals surface area contributed by atoms with Crippen molar-refractivity contribution in [3.8, 4) is 17.0 Å². The first-order chi connectivity index (χ1) is 14.3. The lowest BCUT2D eigenvalue weighted by Crippen LogP contribution is -2.32. The second-order valence-corrected chi connectivity index (χ2v) is 7.70.